The molecule has 1 heterocycles. The minimum absolute atomic E-state index is 0.282. The average molecular weight is 489 g/mol. The summed E-state index contributed by atoms with van der Waals surface area (Å²) in [6.45, 7) is 4.43. The zero-order valence-electron chi connectivity index (χ0n) is 16.6. The summed E-state index contributed by atoms with van der Waals surface area (Å²) in [5.41, 5.74) is 1.35. The van der Waals surface area contributed by atoms with E-state index in [-0.39, 0.29) is 11.4 Å². The fraction of sp³-hybridized carbons (Fsp3) is 0.227. The molecule has 0 atom stereocenters. The summed E-state index contributed by atoms with van der Waals surface area (Å²) >= 11 is 4.17. The largest absolute Gasteiger partial charge is 0.493 e. The third-order valence-corrected chi connectivity index (χ3v) is 5.68. The second kappa shape index (κ2) is 9.95. The topological polar surface area (TPSA) is 75.7 Å². The van der Waals surface area contributed by atoms with Gasteiger partial charge in [-0.15, -0.1) is 0 Å². The first kappa shape index (κ1) is 22.1. The quantitative estimate of drug-likeness (QED) is 0.544. The number of ether oxygens (including phenoxy) is 1. The van der Waals surface area contributed by atoms with Gasteiger partial charge >= 0.3 is 0 Å². The van der Waals surface area contributed by atoms with Crippen LogP contribution in [0.25, 0.3) is 6.08 Å². The van der Waals surface area contributed by atoms with Gasteiger partial charge in [0, 0.05) is 4.47 Å². The highest BCUT2D eigenvalue weighted by atomic mass is 79.9. The fourth-order valence-electron chi connectivity index (χ4n) is 2.61. The zero-order chi connectivity index (χ0) is 21.7. The lowest BCUT2D eigenvalue weighted by Crippen LogP contribution is -2.36. The van der Waals surface area contributed by atoms with Gasteiger partial charge in [-0.05, 0) is 69.5 Å². The molecule has 1 fully saturated rings. The van der Waals surface area contributed by atoms with Gasteiger partial charge in [-0.1, -0.05) is 38.1 Å². The van der Waals surface area contributed by atoms with E-state index in [0.29, 0.717) is 22.7 Å². The van der Waals surface area contributed by atoms with Gasteiger partial charge in [0.05, 0.1) is 17.2 Å². The molecule has 1 aliphatic heterocycles. The maximum absolute atomic E-state index is 12.6. The Morgan fingerprint density at radius 3 is 2.53 bits per heavy atom. The van der Waals surface area contributed by atoms with Gasteiger partial charge in [0.25, 0.3) is 11.1 Å². The molecule has 8 heteroatoms. The number of benzene rings is 2. The Balaban J connectivity index is 1.64. The molecule has 1 aliphatic rings. The van der Waals surface area contributed by atoms with Crippen molar-refractivity contribution in [2.75, 3.05) is 18.5 Å². The summed E-state index contributed by atoms with van der Waals surface area (Å²) in [5, 5.41) is 2.23. The van der Waals surface area contributed by atoms with Crippen LogP contribution in [0.5, 0.6) is 5.75 Å². The number of rotatable bonds is 7. The first-order chi connectivity index (χ1) is 14.3. The maximum atomic E-state index is 12.6. The molecule has 3 amide bonds. The highest BCUT2D eigenvalue weighted by Gasteiger charge is 2.36. The summed E-state index contributed by atoms with van der Waals surface area (Å²) in [7, 11) is 0. The van der Waals surface area contributed by atoms with Gasteiger partial charge in [0.2, 0.25) is 5.91 Å². The number of thioether (sulfide) groups is 1. The molecule has 2 aromatic carbocycles. The fourth-order valence-corrected chi connectivity index (χ4v) is 3.83. The van der Waals surface area contributed by atoms with E-state index in [9.17, 15) is 14.4 Å². The van der Waals surface area contributed by atoms with Crippen LogP contribution in [0.1, 0.15) is 19.4 Å². The number of para-hydroxylation sites is 1. The molecule has 6 nitrogen and oxygen atoms in total. The summed E-state index contributed by atoms with van der Waals surface area (Å²) in [6, 6.07) is 14.4. The number of amides is 3. The van der Waals surface area contributed by atoms with Gasteiger partial charge in [-0.2, -0.15) is 0 Å². The molecular formula is C22H21BrN2O4S. The number of anilines is 1. The highest BCUT2D eigenvalue weighted by molar-refractivity contribution is 9.10. The number of halogens is 1. The summed E-state index contributed by atoms with van der Waals surface area (Å²) in [5.74, 6) is 0.249. The zero-order valence-corrected chi connectivity index (χ0v) is 19.0. The van der Waals surface area contributed by atoms with E-state index in [2.05, 4.69) is 35.1 Å². The molecule has 3 rings (SSSR count). The first-order valence-corrected chi connectivity index (χ1v) is 11.0. The lowest BCUT2D eigenvalue weighted by atomic mass is 10.2. The van der Waals surface area contributed by atoms with Crippen LogP contribution in [-0.4, -0.2) is 35.1 Å². The molecule has 0 radical (unpaired) electrons. The van der Waals surface area contributed by atoms with E-state index in [1.165, 1.54) is 0 Å². The van der Waals surface area contributed by atoms with Crippen LogP contribution < -0.4 is 10.1 Å². The van der Waals surface area contributed by atoms with Crippen molar-refractivity contribution < 1.29 is 19.1 Å². The Bertz CT molecular complexity index is 989. The molecule has 0 saturated carbocycles. The first-order valence-electron chi connectivity index (χ1n) is 9.36. The molecule has 0 aliphatic carbocycles. The highest BCUT2D eigenvalue weighted by Crippen LogP contribution is 2.32. The van der Waals surface area contributed by atoms with Crippen LogP contribution in [-0.2, 0) is 9.59 Å². The molecule has 0 unspecified atom stereocenters. The van der Waals surface area contributed by atoms with Gasteiger partial charge in [-0.25, -0.2) is 0 Å². The van der Waals surface area contributed by atoms with Crippen molar-refractivity contribution >= 4 is 56.5 Å². The molecule has 1 N–H and O–H groups in total. The molecule has 0 spiro atoms. The Labute approximate surface area is 187 Å². The normalized spacial score (nSPS) is 15.2. The second-order valence-corrected chi connectivity index (χ2v) is 8.92. The van der Waals surface area contributed by atoms with Crippen LogP contribution in [0.3, 0.4) is 0 Å². The SMILES string of the molecule is CC(C)COc1ccc(/C=C2\SC(=O)N(CC(=O)Nc3ccccc3Br)C2=O)cc1. The van der Waals surface area contributed by atoms with E-state index < -0.39 is 17.1 Å². The second-order valence-electron chi connectivity index (χ2n) is 7.07. The van der Waals surface area contributed by atoms with Crippen molar-refractivity contribution in [3.8, 4) is 5.75 Å². The summed E-state index contributed by atoms with van der Waals surface area (Å²) in [6.07, 6.45) is 1.64. The average Bonchev–Trinajstić information content (AvgIpc) is 2.96. The Morgan fingerprint density at radius 1 is 1.17 bits per heavy atom. The van der Waals surface area contributed by atoms with Gasteiger partial charge in [-0.3, -0.25) is 19.3 Å². The predicted molar refractivity (Wildman–Crippen MR) is 122 cm³/mol. The predicted octanol–water partition coefficient (Wildman–Crippen LogP) is 5.16. The molecule has 0 bridgehead atoms. The molecule has 2 aromatic rings. The molecule has 0 aromatic heterocycles. The minimum atomic E-state index is -0.479. The van der Waals surface area contributed by atoms with E-state index in [1.54, 1.807) is 24.3 Å². The van der Waals surface area contributed by atoms with Crippen molar-refractivity contribution in [2.24, 2.45) is 5.92 Å². The number of carbonyl (C=O) groups excluding carboxylic acids is 3. The number of hydrogen-bond donors (Lipinski definition) is 1. The van der Waals surface area contributed by atoms with E-state index in [4.69, 9.17) is 4.74 Å². The van der Waals surface area contributed by atoms with E-state index >= 15 is 0 Å². The Hall–Kier alpha value is -2.58. The van der Waals surface area contributed by atoms with Gasteiger partial charge in [0.1, 0.15) is 12.3 Å². The smallest absolute Gasteiger partial charge is 0.294 e. The third-order valence-electron chi connectivity index (χ3n) is 4.08. The van der Waals surface area contributed by atoms with Crippen molar-refractivity contribution in [2.45, 2.75) is 13.8 Å². The number of nitrogens with one attached hydrogen (secondary N) is 1. The number of carbonyl (C=O) groups is 3. The standard InChI is InChI=1S/C22H21BrN2O4S/c1-14(2)13-29-16-9-7-15(8-10-16)11-19-21(27)25(22(28)30-19)12-20(26)24-18-6-4-3-5-17(18)23/h3-11,14H,12-13H2,1-2H3,(H,24,26)/b19-11-. The van der Waals surface area contributed by atoms with Crippen LogP contribution >= 0.6 is 27.7 Å². The minimum Gasteiger partial charge on any atom is -0.493 e. The number of hydrogen-bond acceptors (Lipinski definition) is 5. The van der Waals surface area contributed by atoms with Crippen molar-refractivity contribution in [3.63, 3.8) is 0 Å². The van der Waals surface area contributed by atoms with Gasteiger partial charge in [0.15, 0.2) is 0 Å². The van der Waals surface area contributed by atoms with E-state index in [1.807, 2.05) is 30.3 Å². The van der Waals surface area contributed by atoms with Crippen LogP contribution in [0.15, 0.2) is 57.9 Å². The van der Waals surface area contributed by atoms with Gasteiger partial charge < -0.3 is 10.1 Å². The van der Waals surface area contributed by atoms with Crippen LogP contribution in [0.2, 0.25) is 0 Å². The van der Waals surface area contributed by atoms with Crippen LogP contribution in [0, 0.1) is 5.92 Å². The van der Waals surface area contributed by atoms with E-state index in [0.717, 1.165) is 28.0 Å². The van der Waals surface area contributed by atoms with Crippen molar-refractivity contribution in [1.82, 2.24) is 4.90 Å². The molecule has 156 valence electrons. The Morgan fingerprint density at radius 2 is 1.87 bits per heavy atom. The lowest BCUT2D eigenvalue weighted by Gasteiger charge is -2.13. The lowest BCUT2D eigenvalue weighted by molar-refractivity contribution is -0.127. The van der Waals surface area contributed by atoms with Crippen molar-refractivity contribution in [1.29, 1.82) is 0 Å². The Kier molecular flexibility index (Phi) is 7.33. The number of imide groups is 1. The number of nitrogens with zero attached hydrogens (tertiary/aromatic N) is 1. The summed E-state index contributed by atoms with van der Waals surface area (Å²) < 4.78 is 6.36. The molecule has 1 saturated heterocycles. The summed E-state index contributed by atoms with van der Waals surface area (Å²) in [4.78, 5) is 38.4. The third kappa shape index (κ3) is 5.73. The molecule has 30 heavy (non-hydrogen) atoms. The van der Waals surface area contributed by atoms with Crippen LogP contribution in [0.4, 0.5) is 10.5 Å². The molecular weight excluding hydrogens is 468 g/mol. The monoisotopic (exact) mass is 488 g/mol. The maximum Gasteiger partial charge on any atom is 0.294 e. The van der Waals surface area contributed by atoms with Crippen molar-refractivity contribution in [3.05, 3.63) is 63.5 Å².